The molecular formula is C22H21F2N3O5S. The predicted octanol–water partition coefficient (Wildman–Crippen LogP) is 2.47. The minimum Gasteiger partial charge on any atom is -0.487 e. The summed E-state index contributed by atoms with van der Waals surface area (Å²) in [5.74, 6) is -4.03. The van der Waals surface area contributed by atoms with Gasteiger partial charge in [-0.2, -0.15) is 9.78 Å². The molecule has 0 unspecified atom stereocenters. The van der Waals surface area contributed by atoms with Crippen molar-refractivity contribution >= 4 is 15.7 Å². The molecule has 0 radical (unpaired) electrons. The number of carbonyl (C=O) groups is 1. The molecule has 0 fully saturated rings. The zero-order valence-corrected chi connectivity index (χ0v) is 18.6. The average Bonchev–Trinajstić information content (AvgIpc) is 2.74. The first-order chi connectivity index (χ1) is 15.5. The van der Waals surface area contributed by atoms with Gasteiger partial charge in [-0.25, -0.2) is 17.2 Å². The van der Waals surface area contributed by atoms with Gasteiger partial charge in [0.15, 0.2) is 27.2 Å². The fraction of sp³-hybridized carbons (Fsp3) is 0.227. The highest BCUT2D eigenvalue weighted by Crippen LogP contribution is 2.28. The Morgan fingerprint density at radius 3 is 2.36 bits per heavy atom. The summed E-state index contributed by atoms with van der Waals surface area (Å²) in [6, 6.07) is 8.36. The Kier molecular flexibility index (Phi) is 6.92. The van der Waals surface area contributed by atoms with E-state index in [4.69, 9.17) is 10.5 Å². The van der Waals surface area contributed by atoms with Crippen molar-refractivity contribution in [1.29, 1.82) is 0 Å². The van der Waals surface area contributed by atoms with Gasteiger partial charge in [-0.1, -0.05) is 26.0 Å². The van der Waals surface area contributed by atoms with Crippen LogP contribution in [0.5, 0.6) is 5.75 Å². The summed E-state index contributed by atoms with van der Waals surface area (Å²) in [7, 11) is -3.90. The third-order valence-corrected chi connectivity index (χ3v) is 6.15. The summed E-state index contributed by atoms with van der Waals surface area (Å²) in [6.07, 6.45) is 1.31. The zero-order valence-electron chi connectivity index (χ0n) is 17.8. The highest BCUT2D eigenvalue weighted by molar-refractivity contribution is 7.92. The van der Waals surface area contributed by atoms with Crippen LogP contribution in [-0.4, -0.2) is 36.5 Å². The maximum Gasteiger partial charge on any atom is 0.314 e. The number of hydrogen-bond donors (Lipinski definition) is 1. The molecule has 2 N–H and O–H groups in total. The van der Waals surface area contributed by atoms with Gasteiger partial charge in [0.1, 0.15) is 5.75 Å². The molecule has 3 aromatic rings. The van der Waals surface area contributed by atoms with Crippen molar-refractivity contribution in [1.82, 2.24) is 9.78 Å². The van der Waals surface area contributed by atoms with Crippen LogP contribution in [0.3, 0.4) is 0 Å². The molecule has 11 heteroatoms. The summed E-state index contributed by atoms with van der Waals surface area (Å²) in [4.78, 5) is 24.0. The Morgan fingerprint density at radius 1 is 1.12 bits per heavy atom. The third-order valence-electron chi connectivity index (χ3n) is 4.50. The molecule has 174 valence electrons. The first-order valence-corrected chi connectivity index (χ1v) is 11.5. The van der Waals surface area contributed by atoms with Crippen molar-refractivity contribution in [3.05, 3.63) is 70.6 Å². The van der Waals surface area contributed by atoms with Crippen LogP contribution < -0.4 is 16.0 Å². The molecule has 0 saturated heterocycles. The fourth-order valence-electron chi connectivity index (χ4n) is 2.95. The summed E-state index contributed by atoms with van der Waals surface area (Å²) >= 11 is 0. The second-order valence-electron chi connectivity index (χ2n) is 7.66. The van der Waals surface area contributed by atoms with Crippen molar-refractivity contribution in [2.75, 3.05) is 12.4 Å². The number of primary amides is 1. The molecule has 1 amide bonds. The van der Waals surface area contributed by atoms with Gasteiger partial charge in [0.2, 0.25) is 5.91 Å². The predicted molar refractivity (Wildman–Crippen MR) is 117 cm³/mol. The van der Waals surface area contributed by atoms with E-state index in [-0.39, 0.29) is 34.4 Å². The van der Waals surface area contributed by atoms with E-state index >= 15 is 0 Å². The van der Waals surface area contributed by atoms with Gasteiger partial charge in [-0.05, 0) is 35.7 Å². The highest BCUT2D eigenvalue weighted by atomic mass is 32.2. The van der Waals surface area contributed by atoms with Crippen molar-refractivity contribution < 1.29 is 26.7 Å². The molecule has 1 aromatic heterocycles. The van der Waals surface area contributed by atoms with Crippen LogP contribution in [0.4, 0.5) is 8.78 Å². The number of nitrogens with two attached hydrogens (primary N) is 1. The number of rotatable bonds is 8. The Labute approximate surface area is 188 Å². The van der Waals surface area contributed by atoms with E-state index in [1.165, 1.54) is 36.5 Å². The lowest BCUT2D eigenvalue weighted by Crippen LogP contribution is -2.25. The van der Waals surface area contributed by atoms with Gasteiger partial charge in [0.05, 0.1) is 23.4 Å². The number of ether oxygens (including phenoxy) is 1. The maximum atomic E-state index is 13.7. The average molecular weight is 477 g/mol. The number of hydrogen-bond acceptors (Lipinski definition) is 6. The van der Waals surface area contributed by atoms with Crippen LogP contribution in [0.25, 0.3) is 16.8 Å². The molecule has 0 atom stereocenters. The molecular weight excluding hydrogens is 456 g/mol. The van der Waals surface area contributed by atoms with Crippen LogP contribution in [0.2, 0.25) is 0 Å². The summed E-state index contributed by atoms with van der Waals surface area (Å²) in [6.45, 7) is 3.95. The summed E-state index contributed by atoms with van der Waals surface area (Å²) in [5.41, 5.74) is 4.99. The normalized spacial score (nSPS) is 11.5. The van der Waals surface area contributed by atoms with Gasteiger partial charge in [-0.15, -0.1) is 0 Å². The van der Waals surface area contributed by atoms with E-state index < -0.39 is 38.7 Å². The van der Waals surface area contributed by atoms with E-state index in [9.17, 15) is 26.8 Å². The van der Waals surface area contributed by atoms with E-state index in [0.29, 0.717) is 5.56 Å². The molecule has 0 aliphatic carbocycles. The lowest BCUT2D eigenvalue weighted by Gasteiger charge is -2.15. The lowest BCUT2D eigenvalue weighted by atomic mass is 10.1. The third kappa shape index (κ3) is 5.43. The maximum absolute atomic E-state index is 13.7. The molecule has 1 heterocycles. The molecule has 0 saturated carbocycles. The van der Waals surface area contributed by atoms with Gasteiger partial charge in [0.25, 0.3) is 0 Å². The standard InChI is InChI=1S/C22H21F2N3O5S/c1-13(2)11-32-21-17(14-3-6-16(7-4-14)33(30,31)12-20(25)28)10-26-27(22(21)29)15-5-8-18(23)19(24)9-15/h3-10,13H,11-12H2,1-2H3,(H2,25,28). The molecule has 0 aliphatic heterocycles. The highest BCUT2D eigenvalue weighted by Gasteiger charge is 2.20. The minimum absolute atomic E-state index is 0.00717. The van der Waals surface area contributed by atoms with Crippen molar-refractivity contribution in [2.45, 2.75) is 18.7 Å². The number of nitrogens with zero attached hydrogens (tertiary/aromatic N) is 2. The van der Waals surface area contributed by atoms with Gasteiger partial charge in [0, 0.05) is 11.6 Å². The first-order valence-electron chi connectivity index (χ1n) is 9.81. The second-order valence-corrected chi connectivity index (χ2v) is 9.65. The lowest BCUT2D eigenvalue weighted by molar-refractivity contribution is -0.115. The van der Waals surface area contributed by atoms with Gasteiger partial charge < -0.3 is 10.5 Å². The molecule has 8 nitrogen and oxygen atoms in total. The minimum atomic E-state index is -3.90. The van der Waals surface area contributed by atoms with E-state index in [1.807, 2.05) is 13.8 Å². The molecule has 0 bridgehead atoms. The van der Waals surface area contributed by atoms with E-state index in [0.717, 1.165) is 16.8 Å². The first kappa shape index (κ1) is 24.1. The van der Waals surface area contributed by atoms with Crippen LogP contribution in [0.15, 0.2) is 58.4 Å². The van der Waals surface area contributed by atoms with Crippen LogP contribution in [-0.2, 0) is 14.6 Å². The number of amides is 1. The second kappa shape index (κ2) is 9.49. The van der Waals surface area contributed by atoms with Crippen LogP contribution in [0.1, 0.15) is 13.8 Å². The number of halogens is 2. The van der Waals surface area contributed by atoms with Gasteiger partial charge in [-0.3, -0.25) is 9.59 Å². The van der Waals surface area contributed by atoms with E-state index in [2.05, 4.69) is 5.10 Å². The Balaban J connectivity index is 2.09. The Hall–Kier alpha value is -3.60. The Morgan fingerprint density at radius 2 is 1.79 bits per heavy atom. The topological polar surface area (TPSA) is 121 Å². The van der Waals surface area contributed by atoms with Crippen LogP contribution >= 0.6 is 0 Å². The molecule has 0 aliphatic rings. The smallest absolute Gasteiger partial charge is 0.314 e. The van der Waals surface area contributed by atoms with Crippen molar-refractivity contribution in [3.8, 4) is 22.6 Å². The quantitative estimate of drug-likeness (QED) is 0.532. The number of sulfone groups is 1. The monoisotopic (exact) mass is 477 g/mol. The number of benzene rings is 2. The molecule has 33 heavy (non-hydrogen) atoms. The van der Waals surface area contributed by atoms with Crippen molar-refractivity contribution in [3.63, 3.8) is 0 Å². The number of carbonyl (C=O) groups excluding carboxylic acids is 1. The Bertz CT molecular complexity index is 1350. The van der Waals surface area contributed by atoms with Crippen LogP contribution in [0, 0.1) is 17.6 Å². The largest absolute Gasteiger partial charge is 0.487 e. The SMILES string of the molecule is CC(C)COc1c(-c2ccc(S(=O)(=O)CC(N)=O)cc2)cnn(-c2ccc(F)c(F)c2)c1=O. The summed E-state index contributed by atoms with van der Waals surface area (Å²) in [5, 5.41) is 4.05. The molecule has 2 aromatic carbocycles. The van der Waals surface area contributed by atoms with E-state index in [1.54, 1.807) is 0 Å². The van der Waals surface area contributed by atoms with Gasteiger partial charge >= 0.3 is 5.56 Å². The summed E-state index contributed by atoms with van der Waals surface area (Å²) < 4.78 is 58.0. The fourth-order valence-corrected chi connectivity index (χ4v) is 4.04. The zero-order chi connectivity index (χ0) is 24.3. The molecule has 3 rings (SSSR count). The molecule has 0 spiro atoms. The number of aromatic nitrogens is 2. The van der Waals surface area contributed by atoms with Crippen molar-refractivity contribution in [2.24, 2.45) is 11.7 Å².